The molecule has 0 heterocycles. The first kappa shape index (κ1) is 17.9. The monoisotopic (exact) mass is 327 g/mol. The van der Waals surface area contributed by atoms with Gasteiger partial charge >= 0.3 is 0 Å². The number of nitrogens with one attached hydrogen (secondary N) is 1. The van der Waals surface area contributed by atoms with E-state index in [0.717, 1.165) is 16.7 Å². The van der Waals surface area contributed by atoms with E-state index in [1.807, 2.05) is 38.1 Å². The second-order valence-corrected chi connectivity index (χ2v) is 5.73. The molecule has 24 heavy (non-hydrogen) atoms. The van der Waals surface area contributed by atoms with Crippen LogP contribution in [0.5, 0.6) is 0 Å². The normalized spacial score (nSPS) is 11.2. The molecule has 1 N–H and O–H groups in total. The van der Waals surface area contributed by atoms with E-state index in [-0.39, 0.29) is 17.8 Å². The predicted molar refractivity (Wildman–Crippen MR) is 93.6 cm³/mol. The Hall–Kier alpha value is -2.46. The molecule has 0 saturated heterocycles. The number of benzene rings is 2. The summed E-state index contributed by atoms with van der Waals surface area (Å²) in [6, 6.07) is 13.8. The SMILES string of the molecule is CC(C)OCc1ccccc1CNC(=O)/C=C/c1ccc(F)cc1. The van der Waals surface area contributed by atoms with Crippen molar-refractivity contribution >= 4 is 12.0 Å². The minimum absolute atomic E-state index is 0.159. The van der Waals surface area contributed by atoms with Crippen molar-refractivity contribution in [3.63, 3.8) is 0 Å². The highest BCUT2D eigenvalue weighted by molar-refractivity contribution is 5.91. The zero-order valence-electron chi connectivity index (χ0n) is 14.0. The summed E-state index contributed by atoms with van der Waals surface area (Å²) in [6.45, 7) is 4.94. The van der Waals surface area contributed by atoms with Gasteiger partial charge in [0.15, 0.2) is 0 Å². The average Bonchev–Trinajstić information content (AvgIpc) is 2.58. The molecule has 0 fully saturated rings. The van der Waals surface area contributed by atoms with Gasteiger partial charge in [0.25, 0.3) is 0 Å². The lowest BCUT2D eigenvalue weighted by atomic mass is 10.1. The summed E-state index contributed by atoms with van der Waals surface area (Å²) >= 11 is 0. The summed E-state index contributed by atoms with van der Waals surface area (Å²) in [5.74, 6) is -0.490. The molecule has 0 radical (unpaired) electrons. The number of halogens is 1. The van der Waals surface area contributed by atoms with Crippen molar-refractivity contribution in [2.75, 3.05) is 0 Å². The third-order valence-electron chi connectivity index (χ3n) is 3.44. The number of carbonyl (C=O) groups is 1. The van der Waals surface area contributed by atoms with Gasteiger partial charge in [0.2, 0.25) is 5.91 Å². The van der Waals surface area contributed by atoms with Crippen molar-refractivity contribution in [2.24, 2.45) is 0 Å². The Morgan fingerprint density at radius 3 is 2.46 bits per heavy atom. The molecule has 0 bridgehead atoms. The highest BCUT2D eigenvalue weighted by atomic mass is 19.1. The molecule has 0 aliphatic heterocycles. The molecule has 2 aromatic carbocycles. The molecular formula is C20H22FNO2. The lowest BCUT2D eigenvalue weighted by Crippen LogP contribution is -2.21. The molecule has 0 saturated carbocycles. The number of hydrogen-bond donors (Lipinski definition) is 1. The minimum Gasteiger partial charge on any atom is -0.374 e. The standard InChI is InChI=1S/C20H22FNO2/c1-15(2)24-14-18-6-4-3-5-17(18)13-22-20(23)12-9-16-7-10-19(21)11-8-16/h3-12,15H,13-14H2,1-2H3,(H,22,23)/b12-9+. The second kappa shape index (κ2) is 8.99. The first-order valence-corrected chi connectivity index (χ1v) is 7.94. The Morgan fingerprint density at radius 2 is 1.79 bits per heavy atom. The molecular weight excluding hydrogens is 305 g/mol. The van der Waals surface area contributed by atoms with Crippen molar-refractivity contribution in [3.8, 4) is 0 Å². The molecule has 0 unspecified atom stereocenters. The van der Waals surface area contributed by atoms with E-state index >= 15 is 0 Å². The van der Waals surface area contributed by atoms with Gasteiger partial charge in [-0.05, 0) is 48.7 Å². The van der Waals surface area contributed by atoms with Crippen LogP contribution in [0.3, 0.4) is 0 Å². The quantitative estimate of drug-likeness (QED) is 0.778. The summed E-state index contributed by atoms with van der Waals surface area (Å²) in [5.41, 5.74) is 2.87. The van der Waals surface area contributed by atoms with E-state index in [9.17, 15) is 9.18 Å². The minimum atomic E-state index is -0.295. The third kappa shape index (κ3) is 5.97. The third-order valence-corrected chi connectivity index (χ3v) is 3.44. The molecule has 0 atom stereocenters. The molecule has 0 aromatic heterocycles. The largest absolute Gasteiger partial charge is 0.374 e. The first-order chi connectivity index (χ1) is 11.5. The molecule has 0 aliphatic carbocycles. The van der Waals surface area contributed by atoms with Crippen molar-refractivity contribution < 1.29 is 13.9 Å². The van der Waals surface area contributed by atoms with Gasteiger partial charge in [-0.15, -0.1) is 0 Å². The lowest BCUT2D eigenvalue weighted by Gasteiger charge is -2.12. The van der Waals surface area contributed by atoms with Crippen LogP contribution in [0, 0.1) is 5.82 Å². The van der Waals surface area contributed by atoms with Gasteiger partial charge in [-0.3, -0.25) is 4.79 Å². The van der Waals surface area contributed by atoms with Gasteiger partial charge in [-0.25, -0.2) is 4.39 Å². The second-order valence-electron chi connectivity index (χ2n) is 5.73. The first-order valence-electron chi connectivity index (χ1n) is 7.94. The van der Waals surface area contributed by atoms with Crippen LogP contribution in [-0.2, 0) is 22.7 Å². The highest BCUT2D eigenvalue weighted by Gasteiger charge is 2.04. The van der Waals surface area contributed by atoms with E-state index in [2.05, 4.69) is 5.32 Å². The highest BCUT2D eigenvalue weighted by Crippen LogP contribution is 2.11. The maximum atomic E-state index is 12.8. The Bertz CT molecular complexity index is 693. The fraction of sp³-hybridized carbons (Fsp3) is 0.250. The van der Waals surface area contributed by atoms with E-state index in [1.165, 1.54) is 18.2 Å². The summed E-state index contributed by atoms with van der Waals surface area (Å²) in [4.78, 5) is 11.9. The van der Waals surface area contributed by atoms with Crippen LogP contribution in [0.25, 0.3) is 6.08 Å². The van der Waals surface area contributed by atoms with Gasteiger partial charge in [-0.1, -0.05) is 36.4 Å². The van der Waals surface area contributed by atoms with Crippen LogP contribution in [-0.4, -0.2) is 12.0 Å². The maximum absolute atomic E-state index is 12.8. The van der Waals surface area contributed by atoms with Crippen molar-refractivity contribution in [1.29, 1.82) is 0 Å². The molecule has 2 rings (SSSR count). The summed E-state index contributed by atoms with van der Waals surface area (Å²) in [7, 11) is 0. The topological polar surface area (TPSA) is 38.3 Å². The Balaban J connectivity index is 1.90. The van der Waals surface area contributed by atoms with Crippen molar-refractivity contribution in [1.82, 2.24) is 5.32 Å². The van der Waals surface area contributed by atoms with Crippen LogP contribution in [0.2, 0.25) is 0 Å². The summed E-state index contributed by atoms with van der Waals surface area (Å²) in [5, 5.41) is 2.85. The average molecular weight is 327 g/mol. The summed E-state index contributed by atoms with van der Waals surface area (Å²) in [6.07, 6.45) is 3.26. The molecule has 1 amide bonds. The van der Waals surface area contributed by atoms with Crippen LogP contribution < -0.4 is 5.32 Å². The predicted octanol–water partition coefficient (Wildman–Crippen LogP) is 4.08. The molecule has 3 nitrogen and oxygen atoms in total. The summed E-state index contributed by atoms with van der Waals surface area (Å²) < 4.78 is 18.5. The van der Waals surface area contributed by atoms with Crippen LogP contribution in [0.4, 0.5) is 4.39 Å². The van der Waals surface area contributed by atoms with Crippen molar-refractivity contribution in [2.45, 2.75) is 33.1 Å². The number of hydrogen-bond acceptors (Lipinski definition) is 2. The Kier molecular flexibility index (Phi) is 6.70. The van der Waals surface area contributed by atoms with Crippen LogP contribution in [0.15, 0.2) is 54.6 Å². The lowest BCUT2D eigenvalue weighted by molar-refractivity contribution is -0.116. The number of rotatable bonds is 7. The van der Waals surface area contributed by atoms with Gasteiger partial charge in [0.1, 0.15) is 5.82 Å². The molecule has 4 heteroatoms. The molecule has 0 spiro atoms. The van der Waals surface area contributed by atoms with E-state index in [4.69, 9.17) is 4.74 Å². The van der Waals surface area contributed by atoms with Gasteiger partial charge in [-0.2, -0.15) is 0 Å². The van der Waals surface area contributed by atoms with Gasteiger partial charge in [0, 0.05) is 12.6 Å². The van der Waals surface area contributed by atoms with Gasteiger partial charge < -0.3 is 10.1 Å². The Morgan fingerprint density at radius 1 is 1.12 bits per heavy atom. The number of carbonyl (C=O) groups excluding carboxylic acids is 1. The fourth-order valence-electron chi connectivity index (χ4n) is 2.11. The maximum Gasteiger partial charge on any atom is 0.244 e. The van der Waals surface area contributed by atoms with E-state index < -0.39 is 0 Å². The van der Waals surface area contributed by atoms with Crippen LogP contribution >= 0.6 is 0 Å². The van der Waals surface area contributed by atoms with E-state index in [1.54, 1.807) is 18.2 Å². The molecule has 2 aromatic rings. The van der Waals surface area contributed by atoms with Crippen LogP contribution in [0.1, 0.15) is 30.5 Å². The molecule has 0 aliphatic rings. The zero-order valence-corrected chi connectivity index (χ0v) is 14.0. The number of amides is 1. The fourth-order valence-corrected chi connectivity index (χ4v) is 2.11. The number of ether oxygens (including phenoxy) is 1. The smallest absolute Gasteiger partial charge is 0.244 e. The van der Waals surface area contributed by atoms with Gasteiger partial charge in [0.05, 0.1) is 12.7 Å². The zero-order chi connectivity index (χ0) is 17.4. The molecule has 126 valence electrons. The van der Waals surface area contributed by atoms with E-state index in [0.29, 0.717) is 13.2 Å². The Labute approximate surface area is 142 Å². The van der Waals surface area contributed by atoms with Crippen molar-refractivity contribution in [3.05, 3.63) is 77.1 Å².